The molecule has 1 aliphatic rings. The number of methoxy groups -OCH3 is 1. The summed E-state index contributed by atoms with van der Waals surface area (Å²) >= 11 is 0. The summed E-state index contributed by atoms with van der Waals surface area (Å²) < 4.78 is 10.8. The molecule has 0 N–H and O–H groups in total. The molecule has 0 unspecified atom stereocenters. The Bertz CT molecular complexity index is 684. The minimum atomic E-state index is -0.203. The second kappa shape index (κ2) is 8.17. The molecule has 0 aromatic heterocycles. The maximum Gasteiger partial charge on any atom is 0.302 e. The van der Waals surface area contributed by atoms with E-state index < -0.39 is 0 Å². The Morgan fingerprint density at radius 3 is 2.44 bits per heavy atom. The number of nitrogens with zero attached hydrogens (tertiary/aromatic N) is 1. The first-order valence-electron chi connectivity index (χ1n) is 8.74. The molecule has 132 valence electrons. The number of rotatable bonds is 6. The van der Waals surface area contributed by atoms with Gasteiger partial charge >= 0.3 is 5.97 Å². The zero-order valence-electron chi connectivity index (χ0n) is 14.9. The van der Waals surface area contributed by atoms with E-state index in [1.165, 1.54) is 18.1 Å². The molecule has 2 atom stereocenters. The molecule has 2 aromatic carbocycles. The molecule has 4 nitrogen and oxygen atoms in total. The summed E-state index contributed by atoms with van der Waals surface area (Å²) in [7, 11) is 1.67. The highest BCUT2D eigenvalue weighted by molar-refractivity contribution is 5.66. The van der Waals surface area contributed by atoms with Gasteiger partial charge in [0.25, 0.3) is 0 Å². The SMILES string of the molecule is COc1ccc(C[C@@H]2[C@H](OC(C)=O)CCN2Cc2ccccc2)cc1. The molecule has 4 heteroatoms. The van der Waals surface area contributed by atoms with E-state index in [9.17, 15) is 4.79 Å². The number of likely N-dealkylation sites (tertiary alicyclic amines) is 1. The summed E-state index contributed by atoms with van der Waals surface area (Å²) in [5.41, 5.74) is 2.51. The first-order chi connectivity index (χ1) is 12.2. The summed E-state index contributed by atoms with van der Waals surface area (Å²) in [5, 5.41) is 0. The molecule has 0 radical (unpaired) electrons. The van der Waals surface area contributed by atoms with Gasteiger partial charge in [-0.05, 0) is 36.1 Å². The Kier molecular flexibility index (Phi) is 5.71. The van der Waals surface area contributed by atoms with E-state index in [1.807, 2.05) is 18.2 Å². The third-order valence-corrected chi connectivity index (χ3v) is 4.75. The molecule has 1 fully saturated rings. The van der Waals surface area contributed by atoms with Gasteiger partial charge in [0, 0.05) is 20.0 Å². The normalized spacial score (nSPS) is 20.4. The van der Waals surface area contributed by atoms with Gasteiger partial charge < -0.3 is 9.47 Å². The van der Waals surface area contributed by atoms with Crippen molar-refractivity contribution in [3.05, 3.63) is 65.7 Å². The highest BCUT2D eigenvalue weighted by atomic mass is 16.5. The number of carbonyl (C=O) groups is 1. The molecule has 0 aliphatic carbocycles. The molecule has 0 spiro atoms. The van der Waals surface area contributed by atoms with E-state index in [4.69, 9.17) is 9.47 Å². The van der Waals surface area contributed by atoms with Crippen LogP contribution in [0.2, 0.25) is 0 Å². The van der Waals surface area contributed by atoms with Gasteiger partial charge in [-0.25, -0.2) is 0 Å². The van der Waals surface area contributed by atoms with Crippen LogP contribution < -0.4 is 4.74 Å². The van der Waals surface area contributed by atoms with Crippen LogP contribution >= 0.6 is 0 Å². The quantitative estimate of drug-likeness (QED) is 0.756. The Morgan fingerprint density at radius 1 is 1.08 bits per heavy atom. The first-order valence-corrected chi connectivity index (χ1v) is 8.74. The van der Waals surface area contributed by atoms with Crippen LogP contribution in [0.3, 0.4) is 0 Å². The predicted molar refractivity (Wildman–Crippen MR) is 97.5 cm³/mol. The van der Waals surface area contributed by atoms with Crippen molar-refractivity contribution in [2.24, 2.45) is 0 Å². The van der Waals surface area contributed by atoms with Gasteiger partial charge in [-0.1, -0.05) is 42.5 Å². The van der Waals surface area contributed by atoms with Crippen LogP contribution in [0.15, 0.2) is 54.6 Å². The van der Waals surface area contributed by atoms with Gasteiger partial charge in [0.05, 0.1) is 13.2 Å². The standard InChI is InChI=1S/C21H25NO3/c1-16(23)25-21-12-13-22(15-18-6-4-3-5-7-18)20(21)14-17-8-10-19(24-2)11-9-17/h3-11,20-21H,12-15H2,1-2H3/t20-,21-/m1/s1. The molecule has 0 amide bonds. The average molecular weight is 339 g/mol. The van der Waals surface area contributed by atoms with Gasteiger partial charge in [0.15, 0.2) is 0 Å². The number of hydrogen-bond donors (Lipinski definition) is 0. The van der Waals surface area contributed by atoms with Crippen LogP contribution in [0.5, 0.6) is 5.75 Å². The summed E-state index contributed by atoms with van der Waals surface area (Å²) in [6.45, 7) is 3.30. The molecular formula is C21H25NO3. The van der Waals surface area contributed by atoms with Crippen molar-refractivity contribution in [3.8, 4) is 5.75 Å². The fourth-order valence-electron chi connectivity index (χ4n) is 3.51. The predicted octanol–water partition coefficient (Wildman–Crippen LogP) is 3.44. The molecule has 0 bridgehead atoms. The van der Waals surface area contributed by atoms with Crippen LogP contribution in [0.1, 0.15) is 24.5 Å². The van der Waals surface area contributed by atoms with E-state index in [-0.39, 0.29) is 18.1 Å². The van der Waals surface area contributed by atoms with Crippen LogP contribution in [-0.4, -0.2) is 36.7 Å². The van der Waals surface area contributed by atoms with E-state index in [2.05, 4.69) is 41.3 Å². The molecule has 1 saturated heterocycles. The largest absolute Gasteiger partial charge is 0.497 e. The van der Waals surface area contributed by atoms with Gasteiger partial charge in [-0.15, -0.1) is 0 Å². The number of hydrogen-bond acceptors (Lipinski definition) is 4. The van der Waals surface area contributed by atoms with Crippen molar-refractivity contribution in [2.45, 2.75) is 38.5 Å². The number of ether oxygens (including phenoxy) is 2. The third-order valence-electron chi connectivity index (χ3n) is 4.75. The van der Waals surface area contributed by atoms with Crippen LogP contribution in [0.4, 0.5) is 0 Å². The van der Waals surface area contributed by atoms with Crippen molar-refractivity contribution in [1.29, 1.82) is 0 Å². The number of benzene rings is 2. The van der Waals surface area contributed by atoms with E-state index in [1.54, 1.807) is 7.11 Å². The van der Waals surface area contributed by atoms with Crippen molar-refractivity contribution < 1.29 is 14.3 Å². The minimum absolute atomic E-state index is 0.0525. The molecule has 3 rings (SSSR count). The average Bonchev–Trinajstić information content (AvgIpc) is 2.97. The maximum atomic E-state index is 11.5. The lowest BCUT2D eigenvalue weighted by atomic mass is 10.0. The first kappa shape index (κ1) is 17.5. The van der Waals surface area contributed by atoms with E-state index >= 15 is 0 Å². The molecule has 0 saturated carbocycles. The zero-order valence-corrected chi connectivity index (χ0v) is 14.9. The second-order valence-corrected chi connectivity index (χ2v) is 6.51. The highest BCUT2D eigenvalue weighted by Crippen LogP contribution is 2.27. The van der Waals surface area contributed by atoms with Crippen molar-refractivity contribution in [1.82, 2.24) is 4.90 Å². The third kappa shape index (κ3) is 4.60. The van der Waals surface area contributed by atoms with Crippen molar-refractivity contribution >= 4 is 5.97 Å². The van der Waals surface area contributed by atoms with Crippen LogP contribution in [0.25, 0.3) is 0 Å². The highest BCUT2D eigenvalue weighted by Gasteiger charge is 2.36. The summed E-state index contributed by atoms with van der Waals surface area (Å²) in [4.78, 5) is 13.9. The number of esters is 1. The minimum Gasteiger partial charge on any atom is -0.497 e. The van der Waals surface area contributed by atoms with E-state index in [0.717, 1.165) is 31.7 Å². The Hall–Kier alpha value is -2.33. The topological polar surface area (TPSA) is 38.8 Å². The molecule has 25 heavy (non-hydrogen) atoms. The second-order valence-electron chi connectivity index (χ2n) is 6.51. The molecular weight excluding hydrogens is 314 g/mol. The lowest BCUT2D eigenvalue weighted by Crippen LogP contribution is -2.38. The summed E-state index contributed by atoms with van der Waals surface area (Å²) in [6, 6.07) is 18.8. The summed E-state index contributed by atoms with van der Waals surface area (Å²) in [5.74, 6) is 0.652. The lowest BCUT2D eigenvalue weighted by molar-refractivity contribution is -0.147. The smallest absolute Gasteiger partial charge is 0.302 e. The van der Waals surface area contributed by atoms with Gasteiger partial charge in [-0.2, -0.15) is 0 Å². The van der Waals surface area contributed by atoms with Gasteiger partial charge in [0.1, 0.15) is 11.9 Å². The molecule has 1 aliphatic heterocycles. The van der Waals surface area contributed by atoms with Gasteiger partial charge in [-0.3, -0.25) is 9.69 Å². The fourth-order valence-corrected chi connectivity index (χ4v) is 3.51. The summed E-state index contributed by atoms with van der Waals surface area (Å²) in [6.07, 6.45) is 1.69. The van der Waals surface area contributed by atoms with Gasteiger partial charge in [0.2, 0.25) is 0 Å². The maximum absolute atomic E-state index is 11.5. The monoisotopic (exact) mass is 339 g/mol. The number of carbonyl (C=O) groups excluding carboxylic acids is 1. The van der Waals surface area contributed by atoms with E-state index in [0.29, 0.717) is 0 Å². The molecule has 2 aromatic rings. The van der Waals surface area contributed by atoms with Crippen molar-refractivity contribution in [2.75, 3.05) is 13.7 Å². The lowest BCUT2D eigenvalue weighted by Gasteiger charge is -2.28. The van der Waals surface area contributed by atoms with Crippen LogP contribution in [-0.2, 0) is 22.5 Å². The Balaban J connectivity index is 1.75. The zero-order chi connectivity index (χ0) is 17.6. The fraction of sp³-hybridized carbons (Fsp3) is 0.381. The Morgan fingerprint density at radius 2 is 1.80 bits per heavy atom. The van der Waals surface area contributed by atoms with Crippen LogP contribution in [0, 0.1) is 0 Å². The molecule has 1 heterocycles. The Labute approximate surface area is 149 Å². The van der Waals surface area contributed by atoms with Crippen molar-refractivity contribution in [3.63, 3.8) is 0 Å².